The van der Waals surface area contributed by atoms with Gasteiger partial charge in [0.1, 0.15) is 10.6 Å². The number of amides is 1. The molecular formula is C19H20N2O4S. The summed E-state index contributed by atoms with van der Waals surface area (Å²) in [6, 6.07) is 9.33. The standard InChI is InChI=1S/C19H20N2O4S/c1-23-15-11-17(25-3)16(24-2)10-13(15)12-20-19(22)18-14(6-9-26-18)21-7-4-5-8-21/h4-11H,12H2,1-3H3,(H,20,22). The fourth-order valence-corrected chi connectivity index (χ4v) is 3.46. The molecule has 0 aliphatic rings. The molecule has 0 atom stereocenters. The average molecular weight is 372 g/mol. The number of carbonyl (C=O) groups is 1. The fourth-order valence-electron chi connectivity index (χ4n) is 2.66. The first kappa shape index (κ1) is 17.9. The molecule has 1 amide bonds. The number of carbonyl (C=O) groups excluding carboxylic acids is 1. The zero-order valence-corrected chi connectivity index (χ0v) is 15.6. The van der Waals surface area contributed by atoms with Crippen molar-refractivity contribution < 1.29 is 19.0 Å². The summed E-state index contributed by atoms with van der Waals surface area (Å²) in [5.74, 6) is 1.65. The van der Waals surface area contributed by atoms with E-state index in [0.717, 1.165) is 11.3 Å². The number of aromatic nitrogens is 1. The van der Waals surface area contributed by atoms with Crippen LogP contribution in [0.25, 0.3) is 5.69 Å². The van der Waals surface area contributed by atoms with Crippen molar-refractivity contribution >= 4 is 17.2 Å². The summed E-state index contributed by atoms with van der Waals surface area (Å²) < 4.78 is 17.9. The minimum atomic E-state index is -0.138. The van der Waals surface area contributed by atoms with E-state index >= 15 is 0 Å². The summed E-state index contributed by atoms with van der Waals surface area (Å²) in [5, 5.41) is 4.85. The van der Waals surface area contributed by atoms with Crippen LogP contribution in [0.5, 0.6) is 17.2 Å². The summed E-state index contributed by atoms with van der Waals surface area (Å²) in [5.41, 5.74) is 1.66. The maximum Gasteiger partial charge on any atom is 0.263 e. The zero-order chi connectivity index (χ0) is 18.5. The predicted octanol–water partition coefficient (Wildman–Crippen LogP) is 3.49. The summed E-state index contributed by atoms with van der Waals surface area (Å²) in [6.45, 7) is 0.311. The Balaban J connectivity index is 1.79. The van der Waals surface area contributed by atoms with Crippen molar-refractivity contribution in [3.8, 4) is 22.9 Å². The SMILES string of the molecule is COc1cc(OC)c(OC)cc1CNC(=O)c1sccc1-n1cccc1. The number of hydrogen-bond donors (Lipinski definition) is 1. The first-order valence-electron chi connectivity index (χ1n) is 7.95. The molecule has 0 saturated carbocycles. The van der Waals surface area contributed by atoms with Gasteiger partial charge in [0.25, 0.3) is 5.91 Å². The van der Waals surface area contributed by atoms with Gasteiger partial charge in [-0.15, -0.1) is 11.3 Å². The Morgan fingerprint density at radius 2 is 1.69 bits per heavy atom. The van der Waals surface area contributed by atoms with Gasteiger partial charge in [0, 0.05) is 30.6 Å². The first-order valence-corrected chi connectivity index (χ1v) is 8.83. The first-order chi connectivity index (χ1) is 12.7. The normalized spacial score (nSPS) is 10.4. The van der Waals surface area contributed by atoms with Gasteiger partial charge >= 0.3 is 0 Å². The highest BCUT2D eigenvalue weighted by atomic mass is 32.1. The minimum Gasteiger partial charge on any atom is -0.496 e. The molecule has 0 saturated heterocycles. The molecule has 0 spiro atoms. The molecule has 3 aromatic rings. The van der Waals surface area contributed by atoms with Gasteiger partial charge in [-0.1, -0.05) is 0 Å². The second kappa shape index (κ2) is 7.97. The van der Waals surface area contributed by atoms with Gasteiger partial charge in [0.05, 0.1) is 27.0 Å². The molecule has 6 nitrogen and oxygen atoms in total. The van der Waals surface area contributed by atoms with Crippen molar-refractivity contribution in [2.75, 3.05) is 21.3 Å². The lowest BCUT2D eigenvalue weighted by atomic mass is 10.1. The van der Waals surface area contributed by atoms with Crippen LogP contribution < -0.4 is 19.5 Å². The highest BCUT2D eigenvalue weighted by Gasteiger charge is 2.16. The van der Waals surface area contributed by atoms with E-state index in [1.54, 1.807) is 33.5 Å². The molecule has 0 aliphatic carbocycles. The van der Waals surface area contributed by atoms with Crippen LogP contribution in [0.4, 0.5) is 0 Å². The molecule has 2 heterocycles. The molecule has 3 rings (SSSR count). The van der Waals surface area contributed by atoms with E-state index in [0.29, 0.717) is 28.7 Å². The lowest BCUT2D eigenvalue weighted by molar-refractivity contribution is 0.0954. The Kier molecular flexibility index (Phi) is 5.48. The summed E-state index contributed by atoms with van der Waals surface area (Å²) in [7, 11) is 4.72. The Bertz CT molecular complexity index is 887. The van der Waals surface area contributed by atoms with E-state index in [9.17, 15) is 4.79 Å². The Morgan fingerprint density at radius 3 is 2.35 bits per heavy atom. The van der Waals surface area contributed by atoms with Crippen LogP contribution in [-0.2, 0) is 6.54 Å². The quantitative estimate of drug-likeness (QED) is 0.690. The number of rotatable bonds is 7. The largest absolute Gasteiger partial charge is 0.496 e. The second-order valence-corrected chi connectivity index (χ2v) is 6.34. The van der Waals surface area contributed by atoms with Gasteiger partial charge in [-0.25, -0.2) is 0 Å². The molecular weight excluding hydrogens is 352 g/mol. The molecule has 1 aromatic carbocycles. The van der Waals surface area contributed by atoms with Gasteiger partial charge in [-0.3, -0.25) is 4.79 Å². The number of thiophene rings is 1. The third-order valence-electron chi connectivity index (χ3n) is 3.96. The van der Waals surface area contributed by atoms with E-state index in [2.05, 4.69) is 5.32 Å². The van der Waals surface area contributed by atoms with Crippen LogP contribution in [-0.4, -0.2) is 31.8 Å². The number of benzene rings is 1. The highest BCUT2D eigenvalue weighted by molar-refractivity contribution is 7.12. The molecule has 26 heavy (non-hydrogen) atoms. The van der Waals surface area contributed by atoms with Gasteiger partial charge < -0.3 is 24.1 Å². The summed E-state index contributed by atoms with van der Waals surface area (Å²) in [6.07, 6.45) is 3.83. The maximum atomic E-state index is 12.7. The Morgan fingerprint density at radius 1 is 1.04 bits per heavy atom. The lowest BCUT2D eigenvalue weighted by Crippen LogP contribution is -2.23. The molecule has 7 heteroatoms. The second-order valence-electron chi connectivity index (χ2n) is 5.43. The van der Waals surface area contributed by atoms with Crippen molar-refractivity contribution in [2.24, 2.45) is 0 Å². The Labute approximate surface area is 155 Å². The molecule has 0 unspecified atom stereocenters. The van der Waals surface area contributed by atoms with Crippen molar-refractivity contribution in [3.05, 3.63) is 58.5 Å². The van der Waals surface area contributed by atoms with Crippen molar-refractivity contribution in [1.29, 1.82) is 0 Å². The van der Waals surface area contributed by atoms with E-state index < -0.39 is 0 Å². The van der Waals surface area contributed by atoms with Crippen LogP contribution >= 0.6 is 11.3 Å². The maximum absolute atomic E-state index is 12.7. The van der Waals surface area contributed by atoms with E-state index in [1.165, 1.54) is 11.3 Å². The van der Waals surface area contributed by atoms with Crippen LogP contribution in [0.3, 0.4) is 0 Å². The number of nitrogens with one attached hydrogen (secondary N) is 1. The lowest BCUT2D eigenvalue weighted by Gasteiger charge is -2.14. The number of ether oxygens (including phenoxy) is 3. The van der Waals surface area contributed by atoms with E-state index in [4.69, 9.17) is 14.2 Å². The monoisotopic (exact) mass is 372 g/mol. The smallest absolute Gasteiger partial charge is 0.263 e. The zero-order valence-electron chi connectivity index (χ0n) is 14.8. The van der Waals surface area contributed by atoms with Crippen molar-refractivity contribution in [2.45, 2.75) is 6.54 Å². The number of hydrogen-bond acceptors (Lipinski definition) is 5. The third-order valence-corrected chi connectivity index (χ3v) is 4.86. The van der Waals surface area contributed by atoms with Gasteiger partial charge in [-0.05, 0) is 29.6 Å². The number of nitrogens with zero attached hydrogens (tertiary/aromatic N) is 1. The van der Waals surface area contributed by atoms with Gasteiger partial charge in [-0.2, -0.15) is 0 Å². The molecule has 2 aromatic heterocycles. The molecule has 1 N–H and O–H groups in total. The van der Waals surface area contributed by atoms with E-state index in [-0.39, 0.29) is 5.91 Å². The summed E-state index contributed by atoms with van der Waals surface area (Å²) >= 11 is 1.41. The highest BCUT2D eigenvalue weighted by Crippen LogP contribution is 2.34. The van der Waals surface area contributed by atoms with Gasteiger partial charge in [0.15, 0.2) is 11.5 Å². The molecule has 136 valence electrons. The molecule has 0 bridgehead atoms. The molecule has 0 fully saturated rings. The van der Waals surface area contributed by atoms with Gasteiger partial charge in [0.2, 0.25) is 0 Å². The van der Waals surface area contributed by atoms with E-state index in [1.807, 2.05) is 40.5 Å². The Hall–Kier alpha value is -2.93. The molecule has 0 aliphatic heterocycles. The van der Waals surface area contributed by atoms with Crippen LogP contribution in [0.15, 0.2) is 48.1 Å². The van der Waals surface area contributed by atoms with Crippen LogP contribution in [0.1, 0.15) is 15.2 Å². The predicted molar refractivity (Wildman–Crippen MR) is 101 cm³/mol. The fraction of sp³-hybridized carbons (Fsp3) is 0.211. The third kappa shape index (κ3) is 3.52. The molecule has 0 radical (unpaired) electrons. The van der Waals surface area contributed by atoms with Crippen molar-refractivity contribution in [1.82, 2.24) is 9.88 Å². The average Bonchev–Trinajstić information content (AvgIpc) is 3.36. The van der Waals surface area contributed by atoms with Crippen LogP contribution in [0.2, 0.25) is 0 Å². The minimum absolute atomic E-state index is 0.138. The van der Waals surface area contributed by atoms with Crippen molar-refractivity contribution in [3.63, 3.8) is 0 Å². The topological polar surface area (TPSA) is 61.7 Å². The summed E-state index contributed by atoms with van der Waals surface area (Å²) in [4.78, 5) is 13.3. The van der Waals surface area contributed by atoms with Crippen LogP contribution in [0, 0.1) is 0 Å². The number of methoxy groups -OCH3 is 3.